The smallest absolute Gasteiger partial charge is 0.266 e. The molecule has 0 saturated carbocycles. The number of hydrogen-bond acceptors (Lipinski definition) is 2. The minimum Gasteiger partial charge on any atom is -0.266 e. The Bertz CT molecular complexity index is 175. The molecular weight excluding hydrogens is 174 g/mol. The molecule has 0 saturated heterocycles. The second-order valence-corrected chi connectivity index (χ2v) is 3.76. The lowest BCUT2D eigenvalue weighted by atomic mass is 9.98. The molecule has 0 rings (SSSR count). The fraction of sp³-hybridized carbons (Fsp3) is 0.875. The van der Waals surface area contributed by atoms with Gasteiger partial charge >= 0.3 is 6.01 Å². The standard InChI is InChI=1S/C8H18N3.ClH/c1-5-11(9)7-10-6-8(2,3)4;/h5-6,9H2,1-4H3;1H/q+1;. The Hall–Kier alpha value is -0.530. The second kappa shape index (κ2) is 6.04. The lowest BCUT2D eigenvalue weighted by Crippen LogP contribution is -2.18. The minimum absolute atomic E-state index is 0. The van der Waals surface area contributed by atoms with Crippen LogP contribution in [-0.4, -0.2) is 23.8 Å². The van der Waals surface area contributed by atoms with Crippen LogP contribution < -0.4 is 5.84 Å². The highest BCUT2D eigenvalue weighted by Gasteiger charge is 2.11. The summed E-state index contributed by atoms with van der Waals surface area (Å²) in [7, 11) is 0. The summed E-state index contributed by atoms with van der Waals surface area (Å²) in [5, 5.41) is 0. The number of nitrogens with two attached hydrogens (primary N) is 1. The zero-order valence-corrected chi connectivity index (χ0v) is 9.11. The van der Waals surface area contributed by atoms with Crippen LogP contribution in [0.3, 0.4) is 0 Å². The SMILES string of the molecule is CC[N+](N)=C=NCC(C)(C)C.Cl. The van der Waals surface area contributed by atoms with E-state index in [9.17, 15) is 0 Å². The van der Waals surface area contributed by atoms with E-state index in [1.165, 1.54) is 4.68 Å². The van der Waals surface area contributed by atoms with Crippen molar-refractivity contribution in [1.82, 2.24) is 0 Å². The first-order chi connectivity index (χ1) is 4.95. The van der Waals surface area contributed by atoms with Gasteiger partial charge in [-0.15, -0.1) is 17.1 Å². The lowest BCUT2D eigenvalue weighted by Gasteiger charge is -2.08. The maximum atomic E-state index is 5.43. The maximum Gasteiger partial charge on any atom is 0.331 e. The van der Waals surface area contributed by atoms with E-state index < -0.39 is 0 Å². The highest BCUT2D eigenvalue weighted by atomic mass is 35.5. The zero-order valence-electron chi connectivity index (χ0n) is 8.29. The molecule has 0 amide bonds. The van der Waals surface area contributed by atoms with Crippen molar-refractivity contribution in [2.75, 3.05) is 13.1 Å². The molecule has 0 aliphatic rings. The largest absolute Gasteiger partial charge is 0.331 e. The highest BCUT2D eigenvalue weighted by molar-refractivity contribution is 5.85. The summed E-state index contributed by atoms with van der Waals surface area (Å²) >= 11 is 0. The van der Waals surface area contributed by atoms with Crippen LogP contribution in [0.5, 0.6) is 0 Å². The van der Waals surface area contributed by atoms with Crippen molar-refractivity contribution < 1.29 is 4.68 Å². The molecule has 0 aliphatic carbocycles. The van der Waals surface area contributed by atoms with E-state index in [1.807, 2.05) is 6.92 Å². The predicted molar refractivity (Wildman–Crippen MR) is 54.0 cm³/mol. The average molecular weight is 193 g/mol. The van der Waals surface area contributed by atoms with Crippen LogP contribution in [0.2, 0.25) is 0 Å². The fourth-order valence-electron chi connectivity index (χ4n) is 0.434. The van der Waals surface area contributed by atoms with E-state index in [-0.39, 0.29) is 17.8 Å². The summed E-state index contributed by atoms with van der Waals surface area (Å²) in [6.45, 7) is 9.86. The summed E-state index contributed by atoms with van der Waals surface area (Å²) in [4.78, 5) is 4.06. The summed E-state index contributed by atoms with van der Waals surface area (Å²) in [5.41, 5.74) is 0.224. The molecule has 0 spiro atoms. The van der Waals surface area contributed by atoms with Crippen LogP contribution in [0.4, 0.5) is 0 Å². The van der Waals surface area contributed by atoms with Gasteiger partial charge in [-0.05, 0) is 11.9 Å². The van der Waals surface area contributed by atoms with Gasteiger partial charge in [-0.25, -0.2) is 0 Å². The zero-order chi connectivity index (χ0) is 8.91. The third kappa shape index (κ3) is 9.47. The molecule has 0 radical (unpaired) electrons. The van der Waals surface area contributed by atoms with Crippen LogP contribution in [0.1, 0.15) is 27.7 Å². The quantitative estimate of drug-likeness (QED) is 0.307. The number of hydrazone groups is 1. The molecule has 0 heterocycles. The van der Waals surface area contributed by atoms with Crippen molar-refractivity contribution in [3.63, 3.8) is 0 Å². The fourth-order valence-corrected chi connectivity index (χ4v) is 0.434. The molecule has 0 atom stereocenters. The van der Waals surface area contributed by atoms with E-state index in [4.69, 9.17) is 5.84 Å². The van der Waals surface area contributed by atoms with E-state index in [0.717, 1.165) is 13.1 Å². The summed E-state index contributed by atoms with van der Waals surface area (Å²) in [5.74, 6) is 5.43. The number of halogens is 1. The molecule has 0 aromatic carbocycles. The number of hydrazine groups is 1. The van der Waals surface area contributed by atoms with Gasteiger partial charge in [0, 0.05) is 5.41 Å². The molecular formula is C8H19ClN3+. The molecule has 12 heavy (non-hydrogen) atoms. The first kappa shape index (κ1) is 14.0. The van der Waals surface area contributed by atoms with Gasteiger partial charge in [-0.2, -0.15) is 0 Å². The predicted octanol–water partition coefficient (Wildman–Crippen LogP) is 1.53. The number of hydrogen-bond donors (Lipinski definition) is 1. The van der Waals surface area contributed by atoms with Gasteiger partial charge in [0.15, 0.2) is 0 Å². The van der Waals surface area contributed by atoms with Crippen molar-refractivity contribution in [1.29, 1.82) is 0 Å². The summed E-state index contributed by atoms with van der Waals surface area (Å²) < 4.78 is 1.45. The Morgan fingerprint density at radius 3 is 2.25 bits per heavy atom. The monoisotopic (exact) mass is 192 g/mol. The lowest BCUT2D eigenvalue weighted by molar-refractivity contribution is -0.529. The van der Waals surface area contributed by atoms with Gasteiger partial charge in [0.2, 0.25) is 0 Å². The Kier molecular flexibility index (Phi) is 7.05. The second-order valence-electron chi connectivity index (χ2n) is 3.76. The Morgan fingerprint density at radius 2 is 1.92 bits per heavy atom. The molecule has 0 aromatic rings. The van der Waals surface area contributed by atoms with Crippen LogP contribution in [0, 0.1) is 5.41 Å². The first-order valence-corrected chi connectivity index (χ1v) is 3.90. The molecule has 0 bridgehead atoms. The van der Waals surface area contributed by atoms with Gasteiger partial charge in [-0.1, -0.05) is 20.8 Å². The van der Waals surface area contributed by atoms with Gasteiger partial charge in [-0.3, -0.25) is 5.84 Å². The van der Waals surface area contributed by atoms with Crippen LogP contribution >= 0.6 is 12.4 Å². The van der Waals surface area contributed by atoms with Crippen molar-refractivity contribution in [2.24, 2.45) is 16.3 Å². The Morgan fingerprint density at radius 1 is 1.42 bits per heavy atom. The van der Waals surface area contributed by atoms with Gasteiger partial charge in [0.05, 0.1) is 0 Å². The minimum atomic E-state index is 0. The van der Waals surface area contributed by atoms with Gasteiger partial charge in [0.25, 0.3) is 0 Å². The molecule has 0 aliphatic heterocycles. The molecule has 3 nitrogen and oxygen atoms in total. The Labute approximate surface area is 80.8 Å². The average Bonchev–Trinajstić information content (AvgIpc) is 1.85. The number of rotatable bonds is 2. The highest BCUT2D eigenvalue weighted by Crippen LogP contribution is 2.11. The van der Waals surface area contributed by atoms with Crippen LogP contribution in [0.15, 0.2) is 4.99 Å². The van der Waals surface area contributed by atoms with Crippen molar-refractivity contribution in [3.8, 4) is 0 Å². The third-order valence-electron chi connectivity index (χ3n) is 1.09. The van der Waals surface area contributed by atoms with Crippen molar-refractivity contribution in [3.05, 3.63) is 0 Å². The maximum absolute atomic E-state index is 5.43. The summed E-state index contributed by atoms with van der Waals surface area (Å²) in [6, 6.07) is 2.72. The summed E-state index contributed by atoms with van der Waals surface area (Å²) in [6.07, 6.45) is 0. The topological polar surface area (TPSA) is 41.4 Å². The molecule has 0 unspecified atom stereocenters. The van der Waals surface area contributed by atoms with Gasteiger partial charge in [0.1, 0.15) is 13.1 Å². The van der Waals surface area contributed by atoms with Crippen molar-refractivity contribution >= 4 is 18.4 Å². The van der Waals surface area contributed by atoms with Crippen LogP contribution in [-0.2, 0) is 0 Å². The molecule has 0 fully saturated rings. The molecule has 4 heteroatoms. The number of nitrogens with zero attached hydrogens (tertiary/aromatic N) is 2. The van der Waals surface area contributed by atoms with E-state index in [2.05, 4.69) is 31.8 Å². The van der Waals surface area contributed by atoms with Crippen molar-refractivity contribution in [2.45, 2.75) is 27.7 Å². The van der Waals surface area contributed by atoms with Crippen LogP contribution in [0.25, 0.3) is 0 Å². The first-order valence-electron chi connectivity index (χ1n) is 3.90. The normalized spacial score (nSPS) is 9.67. The molecule has 0 aromatic heterocycles. The van der Waals surface area contributed by atoms with E-state index in [1.54, 1.807) is 0 Å². The Balaban J connectivity index is 0. The third-order valence-corrected chi connectivity index (χ3v) is 1.09. The number of aliphatic imine (C=N–C) groups is 1. The molecule has 2 N–H and O–H groups in total. The van der Waals surface area contributed by atoms with E-state index >= 15 is 0 Å². The van der Waals surface area contributed by atoms with Gasteiger partial charge < -0.3 is 0 Å². The van der Waals surface area contributed by atoms with E-state index in [0.29, 0.717) is 0 Å². The molecule has 72 valence electrons.